The van der Waals surface area contributed by atoms with Gasteiger partial charge in [-0.3, -0.25) is 4.79 Å². The van der Waals surface area contributed by atoms with Crippen LogP contribution in [0.4, 0.5) is 0 Å². The molecular formula is C16H20ClNO3. The van der Waals surface area contributed by atoms with Crippen molar-refractivity contribution in [2.45, 2.75) is 31.2 Å². The van der Waals surface area contributed by atoms with Gasteiger partial charge in [-0.15, -0.1) is 11.6 Å². The summed E-state index contributed by atoms with van der Waals surface area (Å²) in [7, 11) is 0. The fraction of sp³-hybridized carbons (Fsp3) is 0.562. The molecule has 1 saturated heterocycles. The summed E-state index contributed by atoms with van der Waals surface area (Å²) in [6, 6.07) is 7.45. The summed E-state index contributed by atoms with van der Waals surface area (Å²) in [6.07, 6.45) is 1.38. The number of hydrogen-bond donors (Lipinski definition) is 0. The Bertz CT molecular complexity index is 512. The molecule has 2 unspecified atom stereocenters. The zero-order chi connectivity index (χ0) is 14.8. The minimum Gasteiger partial charge on any atom is -0.485 e. The molecule has 5 heteroatoms. The molecule has 1 aromatic carbocycles. The number of likely N-dealkylation sites (tertiary alicyclic amines) is 1. The zero-order valence-corrected chi connectivity index (χ0v) is 12.9. The molecule has 0 radical (unpaired) electrons. The van der Waals surface area contributed by atoms with E-state index in [2.05, 4.69) is 0 Å². The third-order valence-corrected chi connectivity index (χ3v) is 4.64. The molecule has 0 spiro atoms. The number of hydrogen-bond acceptors (Lipinski definition) is 3. The molecule has 0 saturated carbocycles. The van der Waals surface area contributed by atoms with Crippen molar-refractivity contribution in [2.75, 3.05) is 19.7 Å². The van der Waals surface area contributed by atoms with Crippen LogP contribution >= 0.6 is 11.6 Å². The largest absolute Gasteiger partial charge is 0.485 e. The van der Waals surface area contributed by atoms with Crippen LogP contribution in [0.3, 0.4) is 0 Å². The lowest BCUT2D eigenvalue weighted by Crippen LogP contribution is -2.49. The Morgan fingerprint density at radius 2 is 1.95 bits per heavy atom. The number of benzene rings is 1. The van der Waals surface area contributed by atoms with E-state index in [1.807, 2.05) is 36.1 Å². The first-order valence-electron chi connectivity index (χ1n) is 7.46. The number of carbonyl (C=O) groups excluding carboxylic acids is 1. The first-order chi connectivity index (χ1) is 10.1. The van der Waals surface area contributed by atoms with Crippen LogP contribution in [0, 0.1) is 5.92 Å². The number of ether oxygens (including phenoxy) is 2. The topological polar surface area (TPSA) is 38.8 Å². The van der Waals surface area contributed by atoms with Crippen LogP contribution in [0.2, 0.25) is 0 Å². The number of carbonyl (C=O) groups is 1. The monoisotopic (exact) mass is 309 g/mol. The summed E-state index contributed by atoms with van der Waals surface area (Å²) in [6.45, 7) is 3.81. The van der Waals surface area contributed by atoms with E-state index in [0.29, 0.717) is 17.4 Å². The van der Waals surface area contributed by atoms with E-state index in [4.69, 9.17) is 21.1 Å². The average molecular weight is 310 g/mol. The number of fused-ring (bicyclic) bond motifs is 1. The van der Waals surface area contributed by atoms with Crippen LogP contribution < -0.4 is 9.47 Å². The van der Waals surface area contributed by atoms with Crippen LogP contribution in [0.5, 0.6) is 11.5 Å². The molecule has 3 rings (SSSR count). The van der Waals surface area contributed by atoms with E-state index in [-0.39, 0.29) is 17.9 Å². The molecule has 1 amide bonds. The van der Waals surface area contributed by atoms with Gasteiger partial charge in [0.15, 0.2) is 11.5 Å². The lowest BCUT2D eigenvalue weighted by Gasteiger charge is -2.36. The van der Waals surface area contributed by atoms with Crippen LogP contribution in [0.25, 0.3) is 0 Å². The summed E-state index contributed by atoms with van der Waals surface area (Å²) < 4.78 is 11.4. The van der Waals surface area contributed by atoms with Gasteiger partial charge in [-0.25, -0.2) is 0 Å². The lowest BCUT2D eigenvalue weighted by atomic mass is 9.94. The first kappa shape index (κ1) is 14.5. The highest BCUT2D eigenvalue weighted by Gasteiger charge is 2.33. The summed E-state index contributed by atoms with van der Waals surface area (Å²) in [5.74, 6) is 1.87. The molecule has 4 nitrogen and oxygen atoms in total. The molecule has 0 aliphatic carbocycles. The minimum absolute atomic E-state index is 0.0187. The SMILES string of the molecule is CC(Cl)C1CCN(C(=O)C2COc3ccccc3O2)CC1. The third kappa shape index (κ3) is 3.10. The molecule has 0 N–H and O–H groups in total. The Morgan fingerprint density at radius 1 is 1.29 bits per heavy atom. The molecule has 2 aliphatic rings. The van der Waals surface area contributed by atoms with Gasteiger partial charge in [0.25, 0.3) is 5.91 Å². The average Bonchev–Trinajstić information content (AvgIpc) is 2.54. The normalized spacial score (nSPS) is 23.7. The second-order valence-corrected chi connectivity index (χ2v) is 6.39. The van der Waals surface area contributed by atoms with E-state index in [1.54, 1.807) is 0 Å². The number of nitrogens with zero attached hydrogens (tertiary/aromatic N) is 1. The predicted octanol–water partition coefficient (Wildman–Crippen LogP) is 2.69. The van der Waals surface area contributed by atoms with Crippen molar-refractivity contribution < 1.29 is 14.3 Å². The zero-order valence-electron chi connectivity index (χ0n) is 12.1. The Morgan fingerprint density at radius 3 is 2.62 bits per heavy atom. The van der Waals surface area contributed by atoms with Crippen LogP contribution in [0.1, 0.15) is 19.8 Å². The first-order valence-corrected chi connectivity index (χ1v) is 7.90. The van der Waals surface area contributed by atoms with E-state index in [9.17, 15) is 4.79 Å². The van der Waals surface area contributed by atoms with E-state index >= 15 is 0 Å². The van der Waals surface area contributed by atoms with Crippen molar-refractivity contribution in [2.24, 2.45) is 5.92 Å². The fourth-order valence-electron chi connectivity index (χ4n) is 2.92. The lowest BCUT2D eigenvalue weighted by molar-refractivity contribution is -0.142. The van der Waals surface area contributed by atoms with Crippen molar-refractivity contribution in [1.82, 2.24) is 4.90 Å². The molecule has 0 aromatic heterocycles. The van der Waals surface area contributed by atoms with Crippen LogP contribution in [-0.2, 0) is 4.79 Å². The Hall–Kier alpha value is -1.42. The fourth-order valence-corrected chi connectivity index (χ4v) is 3.18. The van der Waals surface area contributed by atoms with Gasteiger partial charge in [0, 0.05) is 18.5 Å². The van der Waals surface area contributed by atoms with Gasteiger partial charge in [-0.2, -0.15) is 0 Å². The van der Waals surface area contributed by atoms with Crippen molar-refractivity contribution >= 4 is 17.5 Å². The summed E-state index contributed by atoms with van der Waals surface area (Å²) in [5, 5.41) is 0.170. The number of amides is 1. The molecule has 2 heterocycles. The maximum atomic E-state index is 12.5. The third-order valence-electron chi connectivity index (χ3n) is 4.28. The number of halogens is 1. The molecule has 0 bridgehead atoms. The second kappa shape index (κ2) is 6.14. The van der Waals surface area contributed by atoms with E-state index < -0.39 is 6.10 Å². The van der Waals surface area contributed by atoms with Gasteiger partial charge in [-0.05, 0) is 37.8 Å². The number of para-hydroxylation sites is 2. The smallest absolute Gasteiger partial charge is 0.267 e. The predicted molar refractivity (Wildman–Crippen MR) is 81.0 cm³/mol. The van der Waals surface area contributed by atoms with E-state index in [1.165, 1.54) is 0 Å². The second-order valence-electron chi connectivity index (χ2n) is 5.70. The van der Waals surface area contributed by atoms with Gasteiger partial charge in [0.05, 0.1) is 0 Å². The van der Waals surface area contributed by atoms with Crippen molar-refractivity contribution in [3.8, 4) is 11.5 Å². The maximum Gasteiger partial charge on any atom is 0.267 e. The molecule has 114 valence electrons. The maximum absolute atomic E-state index is 12.5. The van der Waals surface area contributed by atoms with Gasteiger partial charge >= 0.3 is 0 Å². The van der Waals surface area contributed by atoms with E-state index in [0.717, 1.165) is 25.9 Å². The standard InChI is InChI=1S/C16H20ClNO3/c1-11(17)12-6-8-18(9-7-12)16(19)15-10-20-13-4-2-3-5-14(13)21-15/h2-5,11-12,15H,6-10H2,1H3. The highest BCUT2D eigenvalue weighted by molar-refractivity contribution is 6.20. The Balaban J connectivity index is 1.60. The van der Waals surface area contributed by atoms with Gasteiger partial charge in [0.1, 0.15) is 6.61 Å². The summed E-state index contributed by atoms with van der Waals surface area (Å²) in [4.78, 5) is 14.4. The minimum atomic E-state index is -0.537. The van der Waals surface area contributed by atoms with Crippen molar-refractivity contribution in [3.63, 3.8) is 0 Å². The summed E-state index contributed by atoms with van der Waals surface area (Å²) in [5.41, 5.74) is 0. The van der Waals surface area contributed by atoms with Gasteiger partial charge in [-0.1, -0.05) is 12.1 Å². The highest BCUT2D eigenvalue weighted by atomic mass is 35.5. The summed E-state index contributed by atoms with van der Waals surface area (Å²) >= 11 is 6.14. The highest BCUT2D eigenvalue weighted by Crippen LogP contribution is 2.32. The number of alkyl halides is 1. The van der Waals surface area contributed by atoms with Gasteiger partial charge in [0.2, 0.25) is 6.10 Å². The number of rotatable bonds is 2. The number of piperidine rings is 1. The molecule has 21 heavy (non-hydrogen) atoms. The molecule has 2 atom stereocenters. The molecular weight excluding hydrogens is 290 g/mol. The molecule has 1 fully saturated rings. The quantitative estimate of drug-likeness (QED) is 0.789. The molecule has 2 aliphatic heterocycles. The van der Waals surface area contributed by atoms with Crippen LogP contribution in [-0.4, -0.2) is 42.0 Å². The van der Waals surface area contributed by atoms with Crippen molar-refractivity contribution in [1.29, 1.82) is 0 Å². The Labute approximate surface area is 130 Å². The van der Waals surface area contributed by atoms with Crippen molar-refractivity contribution in [3.05, 3.63) is 24.3 Å². The van der Waals surface area contributed by atoms with Crippen LogP contribution in [0.15, 0.2) is 24.3 Å². The van der Waals surface area contributed by atoms with Gasteiger partial charge < -0.3 is 14.4 Å². The molecule has 1 aromatic rings. The Kier molecular flexibility index (Phi) is 4.24.